The number of halogens is 2. The number of nitrogens with one attached hydrogen (secondary N) is 5. The number of hydrogen-bond acceptors (Lipinski definition) is 7. The maximum absolute atomic E-state index is 14.7. The second-order valence-electron chi connectivity index (χ2n) is 19.2. The fourth-order valence-corrected chi connectivity index (χ4v) is 9.77. The van der Waals surface area contributed by atoms with Crippen LogP contribution in [0, 0.1) is 11.6 Å². The minimum Gasteiger partial charge on any atom is -0.352 e. The molecule has 77 heavy (non-hydrogen) atoms. The molecule has 0 amide bonds. The first kappa shape index (κ1) is 53.2. The van der Waals surface area contributed by atoms with Crippen LogP contribution >= 0.6 is 0 Å². The van der Waals surface area contributed by atoms with E-state index in [1.807, 2.05) is 65.2 Å². The molecule has 390 valence electrons. The van der Waals surface area contributed by atoms with Crippen molar-refractivity contribution in [2.24, 2.45) is 0 Å². The van der Waals surface area contributed by atoms with Crippen LogP contribution in [0.5, 0.6) is 0 Å². The molecule has 11 rings (SSSR count). The molecular weight excluding hydrogens is 961 g/mol. The summed E-state index contributed by atoms with van der Waals surface area (Å²) >= 11 is 0. The maximum atomic E-state index is 14.7. The van der Waals surface area contributed by atoms with Crippen LogP contribution in [0.25, 0.3) is 105 Å². The van der Waals surface area contributed by atoms with Gasteiger partial charge in [0.15, 0.2) is 0 Å². The number of aryl methyl sites for hydroxylation is 2. The van der Waals surface area contributed by atoms with Gasteiger partial charge >= 0.3 is 0 Å². The van der Waals surface area contributed by atoms with Crippen molar-refractivity contribution in [3.05, 3.63) is 193 Å². The Kier molecular flexibility index (Phi) is 16.8. The lowest BCUT2D eigenvalue weighted by molar-refractivity contribution is 0.400. The number of rotatable bonds is 16. The molecule has 0 bridgehead atoms. The predicted octanol–water partition coefficient (Wildman–Crippen LogP) is 15.1. The van der Waals surface area contributed by atoms with Gasteiger partial charge in [-0.1, -0.05) is 68.5 Å². The van der Waals surface area contributed by atoms with Gasteiger partial charge in [-0.05, 0) is 191 Å². The van der Waals surface area contributed by atoms with Crippen molar-refractivity contribution in [2.75, 3.05) is 34.2 Å². The van der Waals surface area contributed by atoms with Crippen molar-refractivity contribution in [3.63, 3.8) is 0 Å². The van der Waals surface area contributed by atoms with Crippen LogP contribution in [-0.4, -0.2) is 84.4 Å². The van der Waals surface area contributed by atoms with Crippen LogP contribution < -0.4 is 5.32 Å². The number of aromatic nitrogens is 9. The first-order valence-electron chi connectivity index (χ1n) is 26.2. The standard InChI is InChI=1S/C33H34FN5.C29H25FN6.C2H6/c1-6-21(3)13-23(7-2)24-10-11-30-28(17-24)33(38-37-30)31-18-27-29(19-35-20-32(27)36-31)25-14-22(15-26(34)16-25)9-8-12-39(4)5;1-31-8-2-3-18-11-21(13-22(30)12-18)25-16-33-17-28-23(25)15-27(34-28)29-24-14-20(4-5-26(24)35-36-29)19-6-9-32-10-7-19;1-2/h6-7,10-11,13-20,36H,1,8-9,12H2,2-5H3,(H,37,38);4-7,9-17,31,34H,2-3,8H2,1H3,(H,35,36);1-2H3/b21-13-,23-7+;;. The second-order valence-corrected chi connectivity index (χ2v) is 19.2. The Morgan fingerprint density at radius 1 is 0.610 bits per heavy atom. The summed E-state index contributed by atoms with van der Waals surface area (Å²) in [5.74, 6) is -0.465. The summed E-state index contributed by atoms with van der Waals surface area (Å²) in [5.41, 5.74) is 18.0. The number of allylic oxidation sites excluding steroid dienone is 5. The Labute approximate surface area is 448 Å². The first-order valence-corrected chi connectivity index (χ1v) is 26.2. The van der Waals surface area contributed by atoms with E-state index in [1.165, 1.54) is 0 Å². The monoisotopic (exact) mass is 1030 g/mol. The van der Waals surface area contributed by atoms with Crippen LogP contribution in [0.3, 0.4) is 0 Å². The molecule has 0 fully saturated rings. The topological polar surface area (TPSA) is 143 Å². The molecule has 7 aromatic heterocycles. The molecule has 11 aromatic rings. The van der Waals surface area contributed by atoms with Gasteiger partial charge in [0.1, 0.15) is 23.0 Å². The third-order valence-corrected chi connectivity index (χ3v) is 13.6. The number of hydrogen-bond donors (Lipinski definition) is 5. The van der Waals surface area contributed by atoms with Crippen molar-refractivity contribution in [3.8, 4) is 56.2 Å². The minimum atomic E-state index is -0.235. The van der Waals surface area contributed by atoms with Gasteiger partial charge in [-0.25, -0.2) is 8.78 Å². The quantitative estimate of drug-likeness (QED) is 0.0479. The summed E-state index contributed by atoms with van der Waals surface area (Å²) in [5, 5.41) is 22.7. The fraction of sp³-hybridized carbons (Fsp3) is 0.203. The van der Waals surface area contributed by atoms with Crippen molar-refractivity contribution in [1.82, 2.24) is 55.5 Å². The zero-order chi connectivity index (χ0) is 54.0. The Hall–Kier alpha value is -8.65. The van der Waals surface area contributed by atoms with E-state index in [0.717, 1.165) is 166 Å². The maximum Gasteiger partial charge on any atom is 0.124 e. The molecule has 0 aliphatic rings. The number of fused-ring (bicyclic) bond motifs is 4. The Bertz CT molecular complexity index is 3890. The van der Waals surface area contributed by atoms with E-state index in [4.69, 9.17) is 0 Å². The molecule has 5 N–H and O–H groups in total. The molecule has 0 aliphatic heterocycles. The van der Waals surface area contributed by atoms with Crippen molar-refractivity contribution >= 4 is 49.2 Å². The van der Waals surface area contributed by atoms with Gasteiger partial charge in [0.2, 0.25) is 0 Å². The summed E-state index contributed by atoms with van der Waals surface area (Å²) < 4.78 is 29.2. The minimum absolute atomic E-state index is 0.230. The van der Waals surface area contributed by atoms with Gasteiger partial charge in [-0.2, -0.15) is 10.2 Å². The number of aromatic amines is 4. The highest BCUT2D eigenvalue weighted by Gasteiger charge is 2.18. The second kappa shape index (κ2) is 24.3. The lowest BCUT2D eigenvalue weighted by atomic mass is 9.99. The van der Waals surface area contributed by atoms with E-state index >= 15 is 0 Å². The van der Waals surface area contributed by atoms with Crippen molar-refractivity contribution in [1.29, 1.82) is 0 Å². The Morgan fingerprint density at radius 3 is 1.71 bits per heavy atom. The molecule has 0 unspecified atom stereocenters. The molecule has 7 heterocycles. The van der Waals surface area contributed by atoms with E-state index in [1.54, 1.807) is 55.2 Å². The first-order chi connectivity index (χ1) is 37.5. The molecular formula is C64H65F2N11. The summed E-state index contributed by atoms with van der Waals surface area (Å²) in [6.07, 6.45) is 20.4. The number of H-pyrrole nitrogens is 4. The van der Waals surface area contributed by atoms with Crippen LogP contribution in [0.1, 0.15) is 57.2 Å². The van der Waals surface area contributed by atoms with E-state index in [9.17, 15) is 8.78 Å². The highest BCUT2D eigenvalue weighted by Crippen LogP contribution is 2.38. The third-order valence-electron chi connectivity index (χ3n) is 13.6. The van der Waals surface area contributed by atoms with Gasteiger partial charge in [0.05, 0.1) is 45.8 Å². The average Bonchev–Trinajstić information content (AvgIpc) is 4.33. The Balaban J connectivity index is 0.000000182. The molecule has 0 saturated carbocycles. The van der Waals surface area contributed by atoms with Crippen molar-refractivity contribution in [2.45, 2.75) is 53.4 Å². The molecule has 0 saturated heterocycles. The van der Waals surface area contributed by atoms with Gasteiger partial charge in [-0.3, -0.25) is 25.1 Å². The van der Waals surface area contributed by atoms with Gasteiger partial charge in [0, 0.05) is 57.5 Å². The third kappa shape index (κ3) is 12.1. The molecule has 4 aromatic carbocycles. The highest BCUT2D eigenvalue weighted by atomic mass is 19.1. The molecule has 13 heteroatoms. The fourth-order valence-electron chi connectivity index (χ4n) is 9.77. The number of pyridine rings is 3. The molecule has 0 spiro atoms. The highest BCUT2D eigenvalue weighted by molar-refractivity contribution is 6.03. The van der Waals surface area contributed by atoms with Gasteiger partial charge in [-0.15, -0.1) is 0 Å². The lowest BCUT2D eigenvalue weighted by Crippen LogP contribution is -2.13. The average molecular weight is 1030 g/mol. The summed E-state index contributed by atoms with van der Waals surface area (Å²) in [6.45, 7) is 13.8. The lowest BCUT2D eigenvalue weighted by Gasteiger charge is -2.10. The van der Waals surface area contributed by atoms with E-state index in [2.05, 4.69) is 143 Å². The molecule has 0 aliphatic carbocycles. The number of benzene rings is 4. The molecule has 0 radical (unpaired) electrons. The van der Waals surface area contributed by atoms with E-state index < -0.39 is 0 Å². The summed E-state index contributed by atoms with van der Waals surface area (Å²) in [7, 11) is 6.03. The normalized spacial score (nSPS) is 11.9. The van der Waals surface area contributed by atoms with Crippen molar-refractivity contribution < 1.29 is 8.78 Å². The van der Waals surface area contributed by atoms with Gasteiger partial charge < -0.3 is 20.2 Å². The van der Waals surface area contributed by atoms with E-state index in [-0.39, 0.29) is 11.6 Å². The van der Waals surface area contributed by atoms with Crippen LogP contribution in [0.15, 0.2) is 165 Å². The molecule has 11 nitrogen and oxygen atoms in total. The zero-order valence-electron chi connectivity index (χ0n) is 44.8. The van der Waals surface area contributed by atoms with Gasteiger partial charge in [0.25, 0.3) is 0 Å². The number of nitrogens with zero attached hydrogens (tertiary/aromatic N) is 6. The summed E-state index contributed by atoms with van der Waals surface area (Å²) in [6, 6.07) is 31.3. The smallest absolute Gasteiger partial charge is 0.124 e. The summed E-state index contributed by atoms with van der Waals surface area (Å²) in [4.78, 5) is 22.1. The predicted molar refractivity (Wildman–Crippen MR) is 314 cm³/mol. The SMILES string of the molecule is C=C/C(C)=C\C(=C/C)c1ccc2[nH]nc(-c3cc4c(-c5cc(F)cc(CCCN(C)C)c5)cncc4[nH]3)c2c1.CC.CNCCCc1cc(F)cc(-c2cncc3[nH]c(-c4n[nH]c5ccc(-c6ccncc6)cc45)cc23)c1. The van der Waals surface area contributed by atoms with Crippen LogP contribution in [-0.2, 0) is 12.8 Å². The van der Waals surface area contributed by atoms with Crippen LogP contribution in [0.4, 0.5) is 8.78 Å². The zero-order valence-corrected chi connectivity index (χ0v) is 44.8. The molecule has 0 atom stereocenters. The largest absolute Gasteiger partial charge is 0.352 e. The van der Waals surface area contributed by atoms with Crippen LogP contribution in [0.2, 0.25) is 0 Å². The van der Waals surface area contributed by atoms with E-state index in [0.29, 0.717) is 0 Å². The Morgan fingerprint density at radius 2 is 1.17 bits per heavy atom.